The molecular formula is C17H19N3O2. The van der Waals surface area contributed by atoms with Crippen LogP contribution in [0.4, 0.5) is 11.4 Å². The predicted octanol–water partition coefficient (Wildman–Crippen LogP) is 2.60. The summed E-state index contributed by atoms with van der Waals surface area (Å²) < 4.78 is 0. The molecule has 0 unspecified atom stereocenters. The molecule has 2 saturated heterocycles. The molecule has 0 aliphatic carbocycles. The molecule has 2 aliphatic heterocycles. The summed E-state index contributed by atoms with van der Waals surface area (Å²) in [5.41, 5.74) is 0.576. The van der Waals surface area contributed by atoms with Crippen molar-refractivity contribution in [3.05, 3.63) is 35.7 Å². The monoisotopic (exact) mass is 297 g/mol. The van der Waals surface area contributed by atoms with E-state index in [4.69, 9.17) is 6.57 Å². The summed E-state index contributed by atoms with van der Waals surface area (Å²) in [5, 5.41) is 0. The third-order valence-electron chi connectivity index (χ3n) is 4.89. The number of rotatable bonds is 2. The van der Waals surface area contributed by atoms with Crippen molar-refractivity contribution >= 4 is 23.2 Å². The largest absolute Gasteiger partial charge is 0.304 e. The highest BCUT2D eigenvalue weighted by atomic mass is 16.2. The van der Waals surface area contributed by atoms with Crippen LogP contribution >= 0.6 is 0 Å². The number of hydrogen-bond acceptors (Lipinski definition) is 3. The molecule has 0 saturated carbocycles. The fraction of sp³-hybridized carbons (Fsp3) is 0.471. The number of carbonyl (C=O) groups excluding carboxylic acids is 2. The topological polar surface area (TPSA) is 45.0 Å². The lowest BCUT2D eigenvalue weighted by atomic mass is 9.77. The van der Waals surface area contributed by atoms with E-state index in [2.05, 4.69) is 16.7 Å². The lowest BCUT2D eigenvalue weighted by Gasteiger charge is -2.36. The molecular weight excluding hydrogens is 278 g/mol. The fourth-order valence-corrected chi connectivity index (χ4v) is 3.42. The van der Waals surface area contributed by atoms with E-state index in [-0.39, 0.29) is 11.8 Å². The highest BCUT2D eigenvalue weighted by Gasteiger charge is 2.52. The molecule has 3 rings (SSSR count). The Morgan fingerprint density at radius 2 is 1.82 bits per heavy atom. The Hall–Kier alpha value is -2.19. The van der Waals surface area contributed by atoms with E-state index < -0.39 is 5.41 Å². The number of anilines is 1. The standard InChI is InChI=1S/C17H19N3O2/c1-3-19-10-8-17(9-11-19)12-15(21)20(16(17)22)14-6-4-13(18-2)5-7-14/h4-7H,3,8-12H2,1H3. The summed E-state index contributed by atoms with van der Waals surface area (Å²) >= 11 is 0. The minimum atomic E-state index is -0.513. The lowest BCUT2D eigenvalue weighted by Crippen LogP contribution is -2.44. The molecule has 0 radical (unpaired) electrons. The number of benzene rings is 1. The second-order valence-electron chi connectivity index (χ2n) is 6.05. The van der Waals surface area contributed by atoms with Crippen molar-refractivity contribution in [2.45, 2.75) is 26.2 Å². The Morgan fingerprint density at radius 1 is 1.18 bits per heavy atom. The molecule has 0 aromatic heterocycles. The maximum Gasteiger partial charge on any atom is 0.240 e. The van der Waals surface area contributed by atoms with Crippen LogP contribution in [-0.4, -0.2) is 36.3 Å². The Morgan fingerprint density at radius 3 is 2.36 bits per heavy atom. The molecule has 2 heterocycles. The van der Waals surface area contributed by atoms with E-state index in [9.17, 15) is 9.59 Å². The first-order valence-corrected chi connectivity index (χ1v) is 7.67. The van der Waals surface area contributed by atoms with Crippen LogP contribution in [0.1, 0.15) is 26.2 Å². The van der Waals surface area contributed by atoms with Crippen molar-refractivity contribution in [3.8, 4) is 0 Å². The zero-order valence-corrected chi connectivity index (χ0v) is 12.7. The number of carbonyl (C=O) groups is 2. The average molecular weight is 297 g/mol. The Labute approximate surface area is 130 Å². The maximum absolute atomic E-state index is 12.9. The van der Waals surface area contributed by atoms with Crippen molar-refractivity contribution in [3.63, 3.8) is 0 Å². The van der Waals surface area contributed by atoms with Gasteiger partial charge in [0.1, 0.15) is 0 Å². The van der Waals surface area contributed by atoms with Crippen LogP contribution < -0.4 is 4.90 Å². The van der Waals surface area contributed by atoms with Crippen LogP contribution in [0.3, 0.4) is 0 Å². The Kier molecular flexibility index (Phi) is 3.71. The smallest absolute Gasteiger partial charge is 0.240 e. The molecule has 0 bridgehead atoms. The fourth-order valence-electron chi connectivity index (χ4n) is 3.42. The third kappa shape index (κ3) is 2.30. The van der Waals surface area contributed by atoms with Gasteiger partial charge in [-0.25, -0.2) is 4.85 Å². The predicted molar refractivity (Wildman–Crippen MR) is 83.6 cm³/mol. The zero-order valence-electron chi connectivity index (χ0n) is 12.7. The zero-order chi connectivity index (χ0) is 15.7. The summed E-state index contributed by atoms with van der Waals surface area (Å²) in [4.78, 5) is 32.2. The number of amides is 2. The summed E-state index contributed by atoms with van der Waals surface area (Å²) in [5.74, 6) is -0.186. The molecule has 1 aromatic rings. The highest BCUT2D eigenvalue weighted by molar-refractivity contribution is 6.22. The molecule has 1 aromatic carbocycles. The van der Waals surface area contributed by atoms with Gasteiger partial charge in [0.2, 0.25) is 11.8 Å². The number of imide groups is 1. The van der Waals surface area contributed by atoms with E-state index in [0.717, 1.165) is 32.5 Å². The molecule has 1 spiro atoms. The van der Waals surface area contributed by atoms with Crippen LogP contribution in [0.5, 0.6) is 0 Å². The van der Waals surface area contributed by atoms with Crippen molar-refractivity contribution in [1.82, 2.24) is 4.90 Å². The first-order chi connectivity index (χ1) is 10.6. The molecule has 5 heteroatoms. The molecule has 0 N–H and O–H groups in total. The SMILES string of the molecule is [C-]#[N+]c1ccc(N2C(=O)CC3(CCN(CC)CC3)C2=O)cc1. The van der Waals surface area contributed by atoms with Gasteiger partial charge < -0.3 is 4.90 Å². The number of nitrogens with zero attached hydrogens (tertiary/aromatic N) is 3. The molecule has 2 aliphatic rings. The van der Waals surface area contributed by atoms with Gasteiger partial charge in [-0.1, -0.05) is 19.1 Å². The minimum absolute atomic E-state index is 0.0659. The molecule has 0 atom stereocenters. The first-order valence-electron chi connectivity index (χ1n) is 7.67. The minimum Gasteiger partial charge on any atom is -0.304 e. The second-order valence-corrected chi connectivity index (χ2v) is 6.05. The lowest BCUT2D eigenvalue weighted by molar-refractivity contribution is -0.128. The normalized spacial score (nSPS) is 21.4. The molecule has 22 heavy (non-hydrogen) atoms. The summed E-state index contributed by atoms with van der Waals surface area (Å²) in [6.45, 7) is 11.8. The van der Waals surface area contributed by atoms with E-state index >= 15 is 0 Å². The van der Waals surface area contributed by atoms with Gasteiger partial charge in [0.05, 0.1) is 12.0 Å². The van der Waals surface area contributed by atoms with Gasteiger partial charge in [-0.15, -0.1) is 0 Å². The van der Waals surface area contributed by atoms with Crippen LogP contribution in [0.15, 0.2) is 24.3 Å². The van der Waals surface area contributed by atoms with E-state index in [1.165, 1.54) is 4.90 Å². The molecule has 2 fully saturated rings. The summed E-state index contributed by atoms with van der Waals surface area (Å²) in [6.07, 6.45) is 1.82. The van der Waals surface area contributed by atoms with Crippen LogP contribution in [0, 0.1) is 12.0 Å². The van der Waals surface area contributed by atoms with Gasteiger partial charge in [0, 0.05) is 12.1 Å². The van der Waals surface area contributed by atoms with Gasteiger partial charge in [-0.3, -0.25) is 14.5 Å². The Balaban J connectivity index is 1.84. The third-order valence-corrected chi connectivity index (χ3v) is 4.89. The quantitative estimate of drug-likeness (QED) is 0.622. The summed E-state index contributed by atoms with van der Waals surface area (Å²) in [7, 11) is 0. The maximum atomic E-state index is 12.9. The van der Waals surface area contributed by atoms with E-state index in [1.807, 2.05) is 0 Å². The van der Waals surface area contributed by atoms with Crippen LogP contribution in [0.2, 0.25) is 0 Å². The average Bonchev–Trinajstić information content (AvgIpc) is 2.79. The highest BCUT2D eigenvalue weighted by Crippen LogP contribution is 2.43. The molecule has 114 valence electrons. The number of piperidine rings is 1. The van der Waals surface area contributed by atoms with Gasteiger partial charge >= 0.3 is 0 Å². The number of hydrogen-bond donors (Lipinski definition) is 0. The summed E-state index contributed by atoms with van der Waals surface area (Å²) in [6, 6.07) is 6.66. The van der Waals surface area contributed by atoms with Gasteiger partial charge in [0.25, 0.3) is 0 Å². The van der Waals surface area contributed by atoms with Gasteiger partial charge in [0.15, 0.2) is 5.69 Å². The van der Waals surface area contributed by atoms with E-state index in [1.54, 1.807) is 24.3 Å². The van der Waals surface area contributed by atoms with E-state index in [0.29, 0.717) is 17.8 Å². The molecule has 2 amide bonds. The van der Waals surface area contributed by atoms with Gasteiger partial charge in [-0.05, 0) is 44.6 Å². The Bertz CT molecular complexity index is 637. The van der Waals surface area contributed by atoms with Crippen molar-refractivity contribution in [1.29, 1.82) is 0 Å². The van der Waals surface area contributed by atoms with Crippen LogP contribution in [0.25, 0.3) is 4.85 Å². The molecule has 5 nitrogen and oxygen atoms in total. The number of likely N-dealkylation sites (tertiary alicyclic amines) is 1. The van der Waals surface area contributed by atoms with Crippen molar-refractivity contribution < 1.29 is 9.59 Å². The van der Waals surface area contributed by atoms with Crippen molar-refractivity contribution in [2.75, 3.05) is 24.5 Å². The van der Waals surface area contributed by atoms with Crippen molar-refractivity contribution in [2.24, 2.45) is 5.41 Å². The van der Waals surface area contributed by atoms with Crippen LogP contribution in [-0.2, 0) is 9.59 Å². The van der Waals surface area contributed by atoms with Gasteiger partial charge in [-0.2, -0.15) is 0 Å². The first kappa shape index (κ1) is 14.7. The second kappa shape index (κ2) is 5.54.